The highest BCUT2D eigenvalue weighted by atomic mass is 35.5. The Morgan fingerprint density at radius 3 is 2.89 bits per heavy atom. The first-order valence-corrected chi connectivity index (χ1v) is 6.16. The van der Waals surface area contributed by atoms with Crippen LogP contribution in [-0.4, -0.2) is 35.4 Å². The van der Waals surface area contributed by atoms with Gasteiger partial charge in [0.25, 0.3) is 0 Å². The SMILES string of the molecule is N#Cc1cc(Cl)nc(NCC(=O)N2CCCC2)c1. The summed E-state index contributed by atoms with van der Waals surface area (Å²) in [5, 5.41) is 11.9. The third-order valence-electron chi connectivity index (χ3n) is 2.80. The van der Waals surface area contributed by atoms with Crippen LogP contribution < -0.4 is 5.32 Å². The van der Waals surface area contributed by atoms with Crippen molar-refractivity contribution < 1.29 is 4.79 Å². The van der Waals surface area contributed by atoms with Crippen molar-refractivity contribution in [3.8, 4) is 6.07 Å². The number of aromatic nitrogens is 1. The lowest BCUT2D eigenvalue weighted by Gasteiger charge is -2.15. The number of nitrogens with zero attached hydrogens (tertiary/aromatic N) is 3. The van der Waals surface area contributed by atoms with Crippen molar-refractivity contribution in [2.75, 3.05) is 25.0 Å². The zero-order valence-electron chi connectivity index (χ0n) is 9.82. The Labute approximate surface area is 110 Å². The lowest BCUT2D eigenvalue weighted by molar-refractivity contribution is -0.128. The molecule has 5 nitrogen and oxygen atoms in total. The van der Waals surface area contributed by atoms with Crippen LogP contribution in [0.5, 0.6) is 0 Å². The van der Waals surface area contributed by atoms with Gasteiger partial charge in [0.2, 0.25) is 5.91 Å². The lowest BCUT2D eigenvalue weighted by atomic mass is 10.3. The number of halogens is 1. The molecule has 1 aliphatic heterocycles. The quantitative estimate of drug-likeness (QED) is 0.843. The number of likely N-dealkylation sites (tertiary alicyclic amines) is 1. The molecule has 1 saturated heterocycles. The molecule has 1 aromatic rings. The van der Waals surface area contributed by atoms with Crippen LogP contribution in [0.25, 0.3) is 0 Å². The fraction of sp³-hybridized carbons (Fsp3) is 0.417. The summed E-state index contributed by atoms with van der Waals surface area (Å²) in [6.45, 7) is 1.83. The van der Waals surface area contributed by atoms with Gasteiger partial charge in [-0.2, -0.15) is 5.26 Å². The van der Waals surface area contributed by atoms with E-state index >= 15 is 0 Å². The van der Waals surface area contributed by atoms with Gasteiger partial charge < -0.3 is 10.2 Å². The molecule has 1 aromatic heterocycles. The van der Waals surface area contributed by atoms with Crippen molar-refractivity contribution in [1.82, 2.24) is 9.88 Å². The summed E-state index contributed by atoms with van der Waals surface area (Å²) in [5.41, 5.74) is 0.422. The summed E-state index contributed by atoms with van der Waals surface area (Å²) < 4.78 is 0. The topological polar surface area (TPSA) is 69.0 Å². The van der Waals surface area contributed by atoms with Crippen molar-refractivity contribution in [2.24, 2.45) is 0 Å². The van der Waals surface area contributed by atoms with E-state index in [-0.39, 0.29) is 17.6 Å². The van der Waals surface area contributed by atoms with Gasteiger partial charge in [-0.25, -0.2) is 4.98 Å². The number of nitriles is 1. The number of carbonyl (C=O) groups is 1. The number of amides is 1. The number of rotatable bonds is 3. The van der Waals surface area contributed by atoms with Gasteiger partial charge in [-0.15, -0.1) is 0 Å². The minimum Gasteiger partial charge on any atom is -0.361 e. The van der Waals surface area contributed by atoms with Gasteiger partial charge in [-0.05, 0) is 25.0 Å². The molecule has 1 amide bonds. The fourth-order valence-corrected chi connectivity index (χ4v) is 2.11. The van der Waals surface area contributed by atoms with Crippen molar-refractivity contribution in [2.45, 2.75) is 12.8 Å². The molecular weight excluding hydrogens is 252 g/mol. The van der Waals surface area contributed by atoms with Gasteiger partial charge in [-0.3, -0.25) is 4.79 Å². The second-order valence-corrected chi connectivity index (χ2v) is 4.50. The number of carbonyl (C=O) groups excluding carboxylic acids is 1. The summed E-state index contributed by atoms with van der Waals surface area (Å²) in [5.74, 6) is 0.499. The third-order valence-corrected chi connectivity index (χ3v) is 3.00. The molecule has 2 rings (SSSR count). The van der Waals surface area contributed by atoms with Crippen LogP contribution in [0.2, 0.25) is 5.15 Å². The second-order valence-electron chi connectivity index (χ2n) is 4.12. The molecule has 2 heterocycles. The summed E-state index contributed by atoms with van der Waals surface area (Å²) in [6, 6.07) is 5.04. The summed E-state index contributed by atoms with van der Waals surface area (Å²) in [7, 11) is 0. The molecule has 0 saturated carbocycles. The van der Waals surface area contributed by atoms with Crippen molar-refractivity contribution >= 4 is 23.3 Å². The Bertz CT molecular complexity index is 491. The normalized spacial score (nSPS) is 14.3. The summed E-state index contributed by atoms with van der Waals surface area (Å²) in [4.78, 5) is 17.6. The molecule has 6 heteroatoms. The van der Waals surface area contributed by atoms with E-state index in [0.29, 0.717) is 11.4 Å². The number of nitrogens with one attached hydrogen (secondary N) is 1. The molecule has 18 heavy (non-hydrogen) atoms. The first kappa shape index (κ1) is 12.7. The van der Waals surface area contributed by atoms with Gasteiger partial charge in [0.05, 0.1) is 18.2 Å². The standard InChI is InChI=1S/C12H13ClN4O/c13-10-5-9(7-14)6-11(16-10)15-8-12(18)17-3-1-2-4-17/h5-6H,1-4,8H2,(H,15,16). The molecule has 0 aromatic carbocycles. The Morgan fingerprint density at radius 2 is 2.22 bits per heavy atom. The van der Waals surface area contributed by atoms with Gasteiger partial charge in [-0.1, -0.05) is 11.6 Å². The van der Waals surface area contributed by atoms with Crippen LogP contribution in [0, 0.1) is 11.3 Å². The number of pyridine rings is 1. The van der Waals surface area contributed by atoms with E-state index in [9.17, 15) is 4.79 Å². The number of anilines is 1. The van der Waals surface area contributed by atoms with Crippen LogP contribution in [0.1, 0.15) is 18.4 Å². The Balaban J connectivity index is 1.95. The highest BCUT2D eigenvalue weighted by Gasteiger charge is 2.17. The van der Waals surface area contributed by atoms with Gasteiger partial charge in [0.15, 0.2) is 0 Å². The average Bonchev–Trinajstić information content (AvgIpc) is 2.89. The van der Waals surface area contributed by atoms with Gasteiger partial charge >= 0.3 is 0 Å². The van der Waals surface area contributed by atoms with E-state index in [0.717, 1.165) is 25.9 Å². The molecule has 1 fully saturated rings. The number of hydrogen-bond donors (Lipinski definition) is 1. The average molecular weight is 265 g/mol. The van der Waals surface area contributed by atoms with Gasteiger partial charge in [0, 0.05) is 13.1 Å². The Morgan fingerprint density at radius 1 is 1.50 bits per heavy atom. The monoisotopic (exact) mass is 264 g/mol. The second kappa shape index (κ2) is 5.69. The molecule has 0 bridgehead atoms. The predicted octanol–water partition coefficient (Wildman–Crippen LogP) is 1.64. The van der Waals surface area contributed by atoms with Crippen LogP contribution in [0.15, 0.2) is 12.1 Å². The summed E-state index contributed by atoms with van der Waals surface area (Å²) >= 11 is 5.77. The number of hydrogen-bond acceptors (Lipinski definition) is 4. The zero-order chi connectivity index (χ0) is 13.0. The maximum Gasteiger partial charge on any atom is 0.241 e. The van der Waals surface area contributed by atoms with Gasteiger partial charge in [0.1, 0.15) is 11.0 Å². The summed E-state index contributed by atoms with van der Waals surface area (Å²) in [6.07, 6.45) is 2.14. The zero-order valence-corrected chi connectivity index (χ0v) is 10.6. The van der Waals surface area contributed by atoms with Crippen LogP contribution in [-0.2, 0) is 4.79 Å². The largest absolute Gasteiger partial charge is 0.361 e. The Kier molecular flexibility index (Phi) is 4.00. The minimum atomic E-state index is 0.0489. The minimum absolute atomic E-state index is 0.0489. The van der Waals surface area contributed by atoms with E-state index < -0.39 is 0 Å². The van der Waals surface area contributed by atoms with Crippen molar-refractivity contribution in [1.29, 1.82) is 5.26 Å². The maximum absolute atomic E-state index is 11.8. The molecule has 94 valence electrons. The third kappa shape index (κ3) is 3.11. The smallest absolute Gasteiger partial charge is 0.241 e. The highest BCUT2D eigenvalue weighted by molar-refractivity contribution is 6.29. The van der Waals surface area contributed by atoms with Crippen LogP contribution in [0.3, 0.4) is 0 Å². The van der Waals surface area contributed by atoms with E-state index in [2.05, 4.69) is 10.3 Å². The molecule has 1 N–H and O–H groups in total. The fourth-order valence-electron chi connectivity index (χ4n) is 1.90. The highest BCUT2D eigenvalue weighted by Crippen LogP contribution is 2.14. The van der Waals surface area contributed by atoms with E-state index in [1.807, 2.05) is 11.0 Å². The Hall–Kier alpha value is -1.80. The molecule has 0 unspecified atom stereocenters. The van der Waals surface area contributed by atoms with Crippen LogP contribution >= 0.6 is 11.6 Å². The van der Waals surface area contributed by atoms with Crippen molar-refractivity contribution in [3.05, 3.63) is 22.8 Å². The predicted molar refractivity (Wildman–Crippen MR) is 68.3 cm³/mol. The molecule has 0 atom stereocenters. The molecule has 0 radical (unpaired) electrons. The molecule has 1 aliphatic rings. The van der Waals surface area contributed by atoms with Crippen LogP contribution in [0.4, 0.5) is 5.82 Å². The van der Waals surface area contributed by atoms with E-state index in [4.69, 9.17) is 16.9 Å². The first-order chi connectivity index (χ1) is 8.69. The lowest BCUT2D eigenvalue weighted by Crippen LogP contribution is -2.33. The molecule has 0 aliphatic carbocycles. The molecule has 0 spiro atoms. The molecular formula is C12H13ClN4O. The van der Waals surface area contributed by atoms with E-state index in [1.54, 1.807) is 6.07 Å². The van der Waals surface area contributed by atoms with E-state index in [1.165, 1.54) is 6.07 Å². The maximum atomic E-state index is 11.8. The van der Waals surface area contributed by atoms with Crippen molar-refractivity contribution in [3.63, 3.8) is 0 Å². The first-order valence-electron chi connectivity index (χ1n) is 5.78.